The summed E-state index contributed by atoms with van der Waals surface area (Å²) in [5.74, 6) is 1.98. The number of aromatic nitrogens is 3. The molecule has 3 aromatic heterocycles. The zero-order valence-electron chi connectivity index (χ0n) is 26.7. The van der Waals surface area contributed by atoms with Crippen molar-refractivity contribution in [1.82, 2.24) is 15.0 Å². The van der Waals surface area contributed by atoms with Crippen molar-refractivity contribution < 1.29 is 0 Å². The molecular formula is C45H27N3S2. The van der Waals surface area contributed by atoms with Gasteiger partial charge < -0.3 is 0 Å². The summed E-state index contributed by atoms with van der Waals surface area (Å²) in [5.41, 5.74) is 7.60. The lowest BCUT2D eigenvalue weighted by atomic mass is 9.98. The molecule has 0 aliphatic heterocycles. The van der Waals surface area contributed by atoms with Crippen molar-refractivity contribution in [3.8, 4) is 56.4 Å². The van der Waals surface area contributed by atoms with E-state index in [4.69, 9.17) is 15.0 Å². The van der Waals surface area contributed by atoms with E-state index in [-0.39, 0.29) is 0 Å². The van der Waals surface area contributed by atoms with Crippen molar-refractivity contribution in [1.29, 1.82) is 0 Å². The molecule has 0 saturated heterocycles. The molecule has 0 radical (unpaired) electrons. The standard InChI is InChI=1S/C45H27N3S2/c1-2-11-28(12-3-1)29-23-25-30(26-24-29)43-46-44(48-45(47-43)37-19-9-18-35-34-15-4-6-20-38(34)50-42(35)37)32-14-8-13-31(27-32)33-17-10-22-40-41(33)36-16-5-7-21-39(36)49-40/h1-27H. The van der Waals surface area contributed by atoms with Gasteiger partial charge in [-0.3, -0.25) is 0 Å². The molecule has 10 aromatic rings. The monoisotopic (exact) mass is 673 g/mol. The van der Waals surface area contributed by atoms with Gasteiger partial charge in [0.15, 0.2) is 17.5 Å². The minimum Gasteiger partial charge on any atom is -0.208 e. The third-order valence-corrected chi connectivity index (χ3v) is 11.7. The lowest BCUT2D eigenvalue weighted by Crippen LogP contribution is -2.00. The van der Waals surface area contributed by atoms with Crippen molar-refractivity contribution in [3.05, 3.63) is 164 Å². The fourth-order valence-corrected chi connectivity index (χ4v) is 9.31. The molecule has 0 amide bonds. The fourth-order valence-electron chi connectivity index (χ4n) is 6.96. The largest absolute Gasteiger partial charge is 0.208 e. The van der Waals surface area contributed by atoms with E-state index >= 15 is 0 Å². The lowest BCUT2D eigenvalue weighted by Gasteiger charge is -2.11. The van der Waals surface area contributed by atoms with E-state index in [9.17, 15) is 0 Å². The van der Waals surface area contributed by atoms with Gasteiger partial charge >= 0.3 is 0 Å². The highest BCUT2D eigenvalue weighted by molar-refractivity contribution is 7.26. The Labute approximate surface area is 296 Å². The topological polar surface area (TPSA) is 38.7 Å². The van der Waals surface area contributed by atoms with Crippen molar-refractivity contribution in [2.24, 2.45) is 0 Å². The van der Waals surface area contributed by atoms with Gasteiger partial charge in [-0.15, -0.1) is 22.7 Å². The van der Waals surface area contributed by atoms with Crippen LogP contribution in [-0.4, -0.2) is 15.0 Å². The van der Waals surface area contributed by atoms with Gasteiger partial charge in [-0.05, 0) is 52.6 Å². The van der Waals surface area contributed by atoms with E-state index in [1.807, 2.05) is 17.4 Å². The van der Waals surface area contributed by atoms with Crippen LogP contribution in [0.5, 0.6) is 0 Å². The number of rotatable bonds is 5. The highest BCUT2D eigenvalue weighted by atomic mass is 32.1. The molecule has 0 N–H and O–H groups in total. The van der Waals surface area contributed by atoms with Crippen LogP contribution in [0.25, 0.3) is 96.8 Å². The normalized spacial score (nSPS) is 11.6. The lowest BCUT2D eigenvalue weighted by molar-refractivity contribution is 1.08. The molecule has 7 aromatic carbocycles. The average Bonchev–Trinajstić information content (AvgIpc) is 3.77. The van der Waals surface area contributed by atoms with Gasteiger partial charge in [-0.25, -0.2) is 15.0 Å². The summed E-state index contributed by atoms with van der Waals surface area (Å²) in [6.07, 6.45) is 0. The zero-order valence-corrected chi connectivity index (χ0v) is 28.4. The Balaban J connectivity index is 1.16. The van der Waals surface area contributed by atoms with Gasteiger partial charge in [0.05, 0.1) is 0 Å². The van der Waals surface area contributed by atoms with E-state index < -0.39 is 0 Å². The van der Waals surface area contributed by atoms with Crippen LogP contribution in [0, 0.1) is 0 Å². The van der Waals surface area contributed by atoms with Gasteiger partial charge in [-0.2, -0.15) is 0 Å². The second-order valence-corrected chi connectivity index (χ2v) is 14.5. The van der Waals surface area contributed by atoms with E-state index in [0.717, 1.165) is 27.8 Å². The number of hydrogen-bond donors (Lipinski definition) is 0. The van der Waals surface area contributed by atoms with Gasteiger partial charge in [0.2, 0.25) is 0 Å². The summed E-state index contributed by atoms with van der Waals surface area (Å²) in [6.45, 7) is 0. The molecule has 0 fully saturated rings. The Morgan fingerprint density at radius 3 is 1.70 bits per heavy atom. The maximum Gasteiger partial charge on any atom is 0.165 e. The Morgan fingerprint density at radius 2 is 0.860 bits per heavy atom. The molecule has 0 bridgehead atoms. The van der Waals surface area contributed by atoms with Crippen LogP contribution in [0.15, 0.2) is 164 Å². The van der Waals surface area contributed by atoms with Crippen LogP contribution in [-0.2, 0) is 0 Å². The number of hydrogen-bond acceptors (Lipinski definition) is 5. The first kappa shape index (κ1) is 29.0. The van der Waals surface area contributed by atoms with Crippen molar-refractivity contribution in [2.45, 2.75) is 0 Å². The summed E-state index contributed by atoms with van der Waals surface area (Å²) in [6, 6.07) is 57.9. The molecular weight excluding hydrogens is 647 g/mol. The molecule has 10 rings (SSSR count). The van der Waals surface area contributed by atoms with Crippen LogP contribution in [0.4, 0.5) is 0 Å². The number of nitrogens with zero attached hydrogens (tertiary/aromatic N) is 3. The Hall–Kier alpha value is -6.01. The molecule has 0 saturated carbocycles. The van der Waals surface area contributed by atoms with Crippen molar-refractivity contribution >= 4 is 63.0 Å². The molecule has 3 heterocycles. The Bertz CT molecular complexity index is 2870. The molecule has 3 nitrogen and oxygen atoms in total. The molecule has 5 heteroatoms. The summed E-state index contributed by atoms with van der Waals surface area (Å²) in [5, 5.41) is 5.05. The quantitative estimate of drug-likeness (QED) is 0.182. The molecule has 0 aliphatic carbocycles. The Morgan fingerprint density at radius 1 is 0.320 bits per heavy atom. The second kappa shape index (κ2) is 11.8. The molecule has 0 atom stereocenters. The smallest absolute Gasteiger partial charge is 0.165 e. The summed E-state index contributed by atoms with van der Waals surface area (Å²) in [7, 11) is 0. The fraction of sp³-hybridized carbons (Fsp3) is 0. The SMILES string of the molecule is c1ccc(-c2ccc(-c3nc(-c4cccc(-c5cccc6sc7ccccc7c56)c4)nc(-c4cccc5c4sc4ccccc45)n3)cc2)cc1. The highest BCUT2D eigenvalue weighted by Crippen LogP contribution is 2.42. The average molecular weight is 674 g/mol. The highest BCUT2D eigenvalue weighted by Gasteiger charge is 2.18. The van der Waals surface area contributed by atoms with E-state index in [1.165, 1.54) is 51.5 Å². The molecule has 50 heavy (non-hydrogen) atoms. The summed E-state index contributed by atoms with van der Waals surface area (Å²) >= 11 is 3.63. The summed E-state index contributed by atoms with van der Waals surface area (Å²) < 4.78 is 5.02. The third-order valence-electron chi connectivity index (χ3n) is 9.37. The minimum absolute atomic E-state index is 0.652. The molecule has 0 unspecified atom stereocenters. The molecule has 0 spiro atoms. The van der Waals surface area contributed by atoms with Crippen LogP contribution < -0.4 is 0 Å². The maximum atomic E-state index is 5.21. The van der Waals surface area contributed by atoms with Gasteiger partial charge in [0.25, 0.3) is 0 Å². The van der Waals surface area contributed by atoms with Crippen molar-refractivity contribution in [3.63, 3.8) is 0 Å². The predicted molar refractivity (Wildman–Crippen MR) is 213 cm³/mol. The van der Waals surface area contributed by atoms with Crippen molar-refractivity contribution in [2.75, 3.05) is 0 Å². The van der Waals surface area contributed by atoms with Gasteiger partial charge in [0.1, 0.15) is 0 Å². The van der Waals surface area contributed by atoms with E-state index in [0.29, 0.717) is 17.5 Å². The molecule has 0 aliphatic rings. The third kappa shape index (κ3) is 4.90. The minimum atomic E-state index is 0.652. The van der Waals surface area contributed by atoms with Crippen LogP contribution >= 0.6 is 22.7 Å². The first-order valence-electron chi connectivity index (χ1n) is 16.6. The van der Waals surface area contributed by atoms with Crippen LogP contribution in [0.3, 0.4) is 0 Å². The zero-order chi connectivity index (χ0) is 33.0. The van der Waals surface area contributed by atoms with Crippen LogP contribution in [0.1, 0.15) is 0 Å². The van der Waals surface area contributed by atoms with Gasteiger partial charge in [0, 0.05) is 57.0 Å². The molecule has 234 valence electrons. The maximum absolute atomic E-state index is 5.21. The van der Waals surface area contributed by atoms with Crippen LogP contribution in [0.2, 0.25) is 0 Å². The first-order chi connectivity index (χ1) is 24.8. The number of benzene rings is 7. The Kier molecular flexibility index (Phi) is 6.86. The first-order valence-corrected chi connectivity index (χ1v) is 18.2. The number of fused-ring (bicyclic) bond motifs is 6. The van der Waals surface area contributed by atoms with Gasteiger partial charge in [-0.1, -0.05) is 133 Å². The second-order valence-electron chi connectivity index (χ2n) is 12.4. The predicted octanol–water partition coefficient (Wildman–Crippen LogP) is 12.9. The van der Waals surface area contributed by atoms with E-state index in [1.54, 1.807) is 11.3 Å². The van der Waals surface area contributed by atoms with E-state index in [2.05, 4.69) is 158 Å². The summed E-state index contributed by atoms with van der Waals surface area (Å²) in [4.78, 5) is 15.5. The number of thiophene rings is 2.